The molecule has 2 aromatic rings. The highest BCUT2D eigenvalue weighted by Crippen LogP contribution is 2.21. The van der Waals surface area contributed by atoms with E-state index in [4.69, 9.17) is 0 Å². The summed E-state index contributed by atoms with van der Waals surface area (Å²) in [6.45, 7) is 4.19. The number of amides is 2. The average Bonchev–Trinajstić information content (AvgIpc) is 2.80. The van der Waals surface area contributed by atoms with Crippen LogP contribution in [0.2, 0.25) is 0 Å². The van der Waals surface area contributed by atoms with Crippen LogP contribution in [0.3, 0.4) is 0 Å². The van der Waals surface area contributed by atoms with Gasteiger partial charge >= 0.3 is 0 Å². The van der Waals surface area contributed by atoms with E-state index >= 15 is 0 Å². The van der Waals surface area contributed by atoms with E-state index in [1.165, 1.54) is 11.0 Å². The van der Waals surface area contributed by atoms with Crippen LogP contribution in [0.5, 0.6) is 0 Å². The summed E-state index contributed by atoms with van der Waals surface area (Å²) in [4.78, 5) is 27.1. The molecule has 2 aromatic carbocycles. The number of anilines is 1. The molecule has 0 unspecified atom stereocenters. The Morgan fingerprint density at radius 3 is 2.32 bits per heavy atom. The van der Waals surface area contributed by atoms with Crippen LogP contribution in [0.4, 0.5) is 14.5 Å². The lowest BCUT2D eigenvalue weighted by Gasteiger charge is -2.29. The van der Waals surface area contributed by atoms with Crippen molar-refractivity contribution in [2.75, 3.05) is 23.7 Å². The third kappa shape index (κ3) is 7.79. The van der Waals surface area contributed by atoms with Gasteiger partial charge in [0.1, 0.15) is 6.04 Å². The summed E-state index contributed by atoms with van der Waals surface area (Å²) in [6.07, 6.45) is 1.81. The number of benzene rings is 2. The topological polar surface area (TPSA) is 86.8 Å². The SMILES string of the molecule is CCCNC(=O)[C@@H](C)N(Cc1ccccc1)C(=O)CCCN(c1ccc(F)c(F)c1)S(C)(=O)=O. The van der Waals surface area contributed by atoms with Gasteiger partial charge in [-0.15, -0.1) is 0 Å². The van der Waals surface area contributed by atoms with Crippen molar-refractivity contribution in [3.05, 3.63) is 65.7 Å². The van der Waals surface area contributed by atoms with Gasteiger partial charge in [0.15, 0.2) is 11.6 Å². The Bertz CT molecular complexity index is 1080. The summed E-state index contributed by atoms with van der Waals surface area (Å²) in [5.41, 5.74) is 0.827. The number of sulfonamides is 1. The van der Waals surface area contributed by atoms with Gasteiger partial charge in [-0.1, -0.05) is 37.3 Å². The fourth-order valence-electron chi connectivity index (χ4n) is 3.40. The van der Waals surface area contributed by atoms with Crippen molar-refractivity contribution < 1.29 is 26.8 Å². The van der Waals surface area contributed by atoms with Gasteiger partial charge in [0, 0.05) is 32.1 Å². The molecular weight excluding hydrogens is 464 g/mol. The van der Waals surface area contributed by atoms with Crippen molar-refractivity contribution >= 4 is 27.5 Å². The molecular formula is C24H31F2N3O4S. The maximum atomic E-state index is 13.6. The summed E-state index contributed by atoms with van der Waals surface area (Å²) in [5.74, 6) is -2.84. The minimum atomic E-state index is -3.80. The van der Waals surface area contributed by atoms with Gasteiger partial charge < -0.3 is 10.2 Å². The van der Waals surface area contributed by atoms with Crippen molar-refractivity contribution in [1.29, 1.82) is 0 Å². The summed E-state index contributed by atoms with van der Waals surface area (Å²) < 4.78 is 52.3. The zero-order valence-corrected chi connectivity index (χ0v) is 20.4. The molecule has 2 amide bonds. The summed E-state index contributed by atoms with van der Waals surface area (Å²) >= 11 is 0. The van der Waals surface area contributed by atoms with Crippen LogP contribution >= 0.6 is 0 Å². The van der Waals surface area contributed by atoms with Gasteiger partial charge in [0.2, 0.25) is 21.8 Å². The Morgan fingerprint density at radius 2 is 1.74 bits per heavy atom. The van der Waals surface area contributed by atoms with Crippen molar-refractivity contribution in [3.8, 4) is 0 Å². The predicted octanol–water partition coefficient (Wildman–Crippen LogP) is 3.45. The van der Waals surface area contributed by atoms with Gasteiger partial charge in [-0.3, -0.25) is 13.9 Å². The van der Waals surface area contributed by atoms with E-state index in [0.717, 1.165) is 34.7 Å². The molecule has 0 bridgehead atoms. The van der Waals surface area contributed by atoms with Gasteiger partial charge in [-0.2, -0.15) is 0 Å². The first-order valence-electron chi connectivity index (χ1n) is 11.1. The smallest absolute Gasteiger partial charge is 0.242 e. The first-order valence-corrected chi connectivity index (χ1v) is 12.9. The lowest BCUT2D eigenvalue weighted by atomic mass is 10.1. The van der Waals surface area contributed by atoms with E-state index in [9.17, 15) is 26.8 Å². The third-order valence-corrected chi connectivity index (χ3v) is 6.45. The molecule has 0 aliphatic rings. The Hall–Kier alpha value is -3.01. The number of carbonyl (C=O) groups excluding carboxylic acids is 2. The molecule has 2 rings (SSSR count). The van der Waals surface area contributed by atoms with Crippen LogP contribution in [0.25, 0.3) is 0 Å². The first kappa shape index (κ1) is 27.2. The number of halogens is 2. The van der Waals surface area contributed by atoms with Crippen LogP contribution in [0, 0.1) is 11.6 Å². The normalized spacial score (nSPS) is 12.1. The number of rotatable bonds is 12. The molecule has 186 valence electrons. The Balaban J connectivity index is 2.14. The highest BCUT2D eigenvalue weighted by Gasteiger charge is 2.26. The van der Waals surface area contributed by atoms with Crippen LogP contribution in [-0.2, 0) is 26.2 Å². The average molecular weight is 496 g/mol. The molecule has 0 saturated heterocycles. The van der Waals surface area contributed by atoms with E-state index in [1.54, 1.807) is 6.92 Å². The van der Waals surface area contributed by atoms with Gasteiger partial charge in [-0.05, 0) is 37.5 Å². The fourth-order valence-corrected chi connectivity index (χ4v) is 4.36. The van der Waals surface area contributed by atoms with E-state index in [1.807, 2.05) is 37.3 Å². The number of hydrogen-bond acceptors (Lipinski definition) is 4. The molecule has 0 fully saturated rings. The third-order valence-electron chi connectivity index (χ3n) is 5.26. The fraction of sp³-hybridized carbons (Fsp3) is 0.417. The first-order chi connectivity index (χ1) is 16.0. The monoisotopic (exact) mass is 495 g/mol. The highest BCUT2D eigenvalue weighted by molar-refractivity contribution is 7.92. The minimum Gasteiger partial charge on any atom is -0.354 e. The van der Waals surface area contributed by atoms with E-state index in [0.29, 0.717) is 6.54 Å². The predicted molar refractivity (Wildman–Crippen MR) is 128 cm³/mol. The second-order valence-electron chi connectivity index (χ2n) is 8.01. The summed E-state index contributed by atoms with van der Waals surface area (Å²) in [6, 6.07) is 11.3. The standard InChI is InChI=1S/C24H31F2N3O4S/c1-4-14-27-24(31)18(2)28(17-19-9-6-5-7-10-19)23(30)11-8-15-29(34(3,32)33)20-12-13-21(25)22(26)16-20/h5-7,9-10,12-13,16,18H,4,8,11,14-15,17H2,1-3H3,(H,27,31)/t18-/m1/s1. The minimum absolute atomic E-state index is 0.0256. The molecule has 0 aromatic heterocycles. The molecule has 0 saturated carbocycles. The number of nitrogens with one attached hydrogen (secondary N) is 1. The lowest BCUT2D eigenvalue weighted by Crippen LogP contribution is -2.47. The quantitative estimate of drug-likeness (QED) is 0.489. The van der Waals surface area contributed by atoms with Crippen LogP contribution in [0.15, 0.2) is 48.5 Å². The second-order valence-corrected chi connectivity index (χ2v) is 9.92. The maximum Gasteiger partial charge on any atom is 0.242 e. The van der Waals surface area contributed by atoms with Crippen molar-refractivity contribution in [3.63, 3.8) is 0 Å². The molecule has 0 aliphatic carbocycles. The largest absolute Gasteiger partial charge is 0.354 e. The molecule has 7 nitrogen and oxygen atoms in total. The lowest BCUT2D eigenvalue weighted by molar-refractivity contribution is -0.140. The Kier molecular flexibility index (Phi) is 9.97. The number of carbonyl (C=O) groups is 2. The molecule has 0 heterocycles. The number of nitrogens with zero attached hydrogens (tertiary/aromatic N) is 2. The van der Waals surface area contributed by atoms with E-state index < -0.39 is 27.7 Å². The summed E-state index contributed by atoms with van der Waals surface area (Å²) in [7, 11) is -3.80. The molecule has 10 heteroatoms. The van der Waals surface area contributed by atoms with Gasteiger partial charge in [0.05, 0.1) is 11.9 Å². The van der Waals surface area contributed by atoms with Crippen molar-refractivity contribution in [2.45, 2.75) is 45.7 Å². The molecule has 0 radical (unpaired) electrons. The summed E-state index contributed by atoms with van der Waals surface area (Å²) in [5, 5.41) is 2.79. The zero-order valence-electron chi connectivity index (χ0n) is 19.6. The van der Waals surface area contributed by atoms with E-state index in [2.05, 4.69) is 5.32 Å². The molecule has 34 heavy (non-hydrogen) atoms. The van der Waals surface area contributed by atoms with Gasteiger partial charge in [-0.25, -0.2) is 17.2 Å². The number of hydrogen-bond donors (Lipinski definition) is 1. The van der Waals surface area contributed by atoms with Crippen molar-refractivity contribution in [2.24, 2.45) is 0 Å². The Labute approximate surface area is 199 Å². The van der Waals surface area contributed by atoms with Crippen molar-refractivity contribution in [1.82, 2.24) is 10.2 Å². The molecule has 0 aliphatic heterocycles. The Morgan fingerprint density at radius 1 is 1.06 bits per heavy atom. The highest BCUT2D eigenvalue weighted by atomic mass is 32.2. The van der Waals surface area contributed by atoms with Crippen LogP contribution in [0.1, 0.15) is 38.7 Å². The second kappa shape index (κ2) is 12.5. The molecule has 0 spiro atoms. The van der Waals surface area contributed by atoms with E-state index in [-0.39, 0.29) is 43.4 Å². The molecule has 1 atom stereocenters. The zero-order chi connectivity index (χ0) is 25.3. The molecule has 1 N–H and O–H groups in total. The van der Waals surface area contributed by atoms with Crippen LogP contribution < -0.4 is 9.62 Å². The maximum absolute atomic E-state index is 13.6. The van der Waals surface area contributed by atoms with Gasteiger partial charge in [0.25, 0.3) is 0 Å². The van der Waals surface area contributed by atoms with Crippen LogP contribution in [-0.4, -0.2) is 50.5 Å².